The first-order valence-electron chi connectivity index (χ1n) is 7.34. The van der Waals surface area contributed by atoms with E-state index in [-0.39, 0.29) is 5.41 Å². The summed E-state index contributed by atoms with van der Waals surface area (Å²) in [4.78, 5) is 2.47. The van der Waals surface area contributed by atoms with Gasteiger partial charge in [-0.15, -0.1) is 10.2 Å². The molecule has 2 saturated heterocycles. The Balaban J connectivity index is 1.50. The van der Waals surface area contributed by atoms with Crippen LogP contribution in [0, 0.1) is 18.3 Å². The van der Waals surface area contributed by atoms with Crippen LogP contribution in [0.15, 0.2) is 27.4 Å². The number of likely N-dealkylation sites (tertiary alicyclic amines) is 1. The van der Waals surface area contributed by atoms with Crippen LogP contribution in [0.2, 0.25) is 0 Å². The highest BCUT2D eigenvalue weighted by atomic mass is 16.5. The lowest BCUT2D eigenvalue weighted by atomic mass is 9.78. The second-order valence-electron chi connectivity index (χ2n) is 6.27. The van der Waals surface area contributed by atoms with Crippen molar-refractivity contribution in [1.29, 1.82) is 0 Å². The minimum atomic E-state index is 0.114. The number of hydrogen-bond acceptors (Lipinski definition) is 6. The molecule has 112 valence electrons. The molecule has 21 heavy (non-hydrogen) atoms. The van der Waals surface area contributed by atoms with E-state index in [2.05, 4.69) is 15.1 Å². The van der Waals surface area contributed by atoms with E-state index >= 15 is 0 Å². The van der Waals surface area contributed by atoms with Crippen LogP contribution in [-0.2, 0) is 17.7 Å². The Bertz CT molecular complexity index is 609. The van der Waals surface area contributed by atoms with Crippen molar-refractivity contribution < 1.29 is 13.6 Å². The third kappa shape index (κ3) is 2.38. The number of aromatic nitrogens is 2. The highest BCUT2D eigenvalue weighted by Crippen LogP contribution is 2.44. The van der Waals surface area contributed by atoms with Crippen molar-refractivity contribution in [2.24, 2.45) is 11.3 Å². The van der Waals surface area contributed by atoms with Crippen LogP contribution in [0.25, 0.3) is 0 Å². The van der Waals surface area contributed by atoms with Gasteiger partial charge in [-0.3, -0.25) is 4.90 Å². The molecule has 0 bridgehead atoms. The van der Waals surface area contributed by atoms with Gasteiger partial charge < -0.3 is 13.6 Å². The summed E-state index contributed by atoms with van der Waals surface area (Å²) in [6, 6.07) is 2.03. The van der Waals surface area contributed by atoms with Gasteiger partial charge in [-0.2, -0.15) is 0 Å². The summed E-state index contributed by atoms with van der Waals surface area (Å²) < 4.78 is 16.5. The summed E-state index contributed by atoms with van der Waals surface area (Å²) in [5.41, 5.74) is 1.34. The maximum atomic E-state index is 5.74. The predicted octanol–water partition coefficient (Wildman–Crippen LogP) is 1.66. The molecule has 0 aliphatic carbocycles. The van der Waals surface area contributed by atoms with E-state index < -0.39 is 0 Å². The van der Waals surface area contributed by atoms with Gasteiger partial charge in [-0.1, -0.05) is 0 Å². The van der Waals surface area contributed by atoms with Crippen LogP contribution >= 0.6 is 0 Å². The Morgan fingerprint density at radius 1 is 1.43 bits per heavy atom. The summed E-state index contributed by atoms with van der Waals surface area (Å²) in [6.45, 7) is 6.42. The first-order chi connectivity index (χ1) is 10.2. The molecule has 0 aromatic carbocycles. The van der Waals surface area contributed by atoms with Crippen LogP contribution < -0.4 is 0 Å². The molecule has 0 spiro atoms. The highest BCUT2D eigenvalue weighted by molar-refractivity contribution is 5.09. The van der Waals surface area contributed by atoms with Crippen molar-refractivity contribution in [1.82, 2.24) is 15.1 Å². The normalized spacial score (nSPS) is 29.1. The van der Waals surface area contributed by atoms with Gasteiger partial charge in [-0.25, -0.2) is 0 Å². The highest BCUT2D eigenvalue weighted by Gasteiger charge is 2.51. The summed E-state index contributed by atoms with van der Waals surface area (Å²) in [5, 5.41) is 8.10. The summed E-state index contributed by atoms with van der Waals surface area (Å²) in [5.74, 6) is 1.90. The van der Waals surface area contributed by atoms with Crippen LogP contribution in [0.3, 0.4) is 0 Å². The molecule has 0 N–H and O–H groups in total. The molecule has 4 heterocycles. The van der Waals surface area contributed by atoms with Crippen molar-refractivity contribution in [3.05, 3.63) is 35.9 Å². The molecule has 4 rings (SSSR count). The zero-order valence-corrected chi connectivity index (χ0v) is 12.1. The smallest absolute Gasteiger partial charge is 0.217 e. The molecule has 2 atom stereocenters. The summed E-state index contributed by atoms with van der Waals surface area (Å²) in [7, 11) is 0. The molecule has 2 aliphatic heterocycles. The number of rotatable bonds is 4. The molecule has 0 radical (unpaired) electrons. The Labute approximate surface area is 123 Å². The number of hydrogen-bond donors (Lipinski definition) is 0. The molecule has 6 heteroatoms. The standard InChI is InChI=1S/C15H19N3O3/c1-11-16-17-14(21-11)4-15-9-18(5-12-2-3-19-7-12)6-13(15)8-20-10-15/h2-3,7,13H,4-6,8-10H2,1H3/t13-,15+/m1/s1. The van der Waals surface area contributed by atoms with Gasteiger partial charge in [-0.05, 0) is 6.07 Å². The minimum Gasteiger partial charge on any atom is -0.472 e. The average molecular weight is 289 g/mol. The fourth-order valence-corrected chi connectivity index (χ4v) is 3.66. The van der Waals surface area contributed by atoms with Gasteiger partial charge in [0.05, 0.1) is 25.7 Å². The van der Waals surface area contributed by atoms with Crippen LogP contribution in [0.5, 0.6) is 0 Å². The lowest BCUT2D eigenvalue weighted by molar-refractivity contribution is 0.123. The van der Waals surface area contributed by atoms with Gasteiger partial charge in [0.1, 0.15) is 0 Å². The van der Waals surface area contributed by atoms with Gasteiger partial charge in [0.15, 0.2) is 0 Å². The lowest BCUT2D eigenvalue weighted by Gasteiger charge is -2.25. The average Bonchev–Trinajstić information content (AvgIpc) is 3.16. The fourth-order valence-electron chi connectivity index (χ4n) is 3.66. The molecule has 2 aromatic heterocycles. The van der Waals surface area contributed by atoms with Crippen LogP contribution in [0.4, 0.5) is 0 Å². The second-order valence-corrected chi connectivity index (χ2v) is 6.27. The van der Waals surface area contributed by atoms with Gasteiger partial charge in [0.25, 0.3) is 0 Å². The fraction of sp³-hybridized carbons (Fsp3) is 0.600. The van der Waals surface area contributed by atoms with E-state index in [4.69, 9.17) is 13.6 Å². The van der Waals surface area contributed by atoms with E-state index in [9.17, 15) is 0 Å². The number of aryl methyl sites for hydroxylation is 1. The molecule has 0 saturated carbocycles. The molecule has 2 fully saturated rings. The van der Waals surface area contributed by atoms with E-state index in [0.29, 0.717) is 11.8 Å². The Morgan fingerprint density at radius 3 is 3.14 bits per heavy atom. The number of fused-ring (bicyclic) bond motifs is 1. The first-order valence-corrected chi connectivity index (χ1v) is 7.34. The number of ether oxygens (including phenoxy) is 1. The molecule has 0 amide bonds. The predicted molar refractivity (Wildman–Crippen MR) is 73.5 cm³/mol. The van der Waals surface area contributed by atoms with Crippen molar-refractivity contribution in [2.45, 2.75) is 19.9 Å². The molecule has 0 unspecified atom stereocenters. The second kappa shape index (κ2) is 4.96. The zero-order valence-electron chi connectivity index (χ0n) is 12.1. The molecular formula is C15H19N3O3. The summed E-state index contributed by atoms with van der Waals surface area (Å²) in [6.07, 6.45) is 4.35. The van der Waals surface area contributed by atoms with Crippen LogP contribution in [-0.4, -0.2) is 41.4 Å². The number of nitrogens with zero attached hydrogens (tertiary/aromatic N) is 3. The van der Waals surface area contributed by atoms with E-state index in [1.165, 1.54) is 5.56 Å². The maximum Gasteiger partial charge on any atom is 0.217 e. The third-order valence-corrected chi connectivity index (χ3v) is 4.65. The van der Waals surface area contributed by atoms with Crippen molar-refractivity contribution in [3.8, 4) is 0 Å². The minimum absolute atomic E-state index is 0.114. The quantitative estimate of drug-likeness (QED) is 0.853. The maximum absolute atomic E-state index is 5.74. The topological polar surface area (TPSA) is 64.5 Å². The first kappa shape index (κ1) is 13.0. The van der Waals surface area contributed by atoms with E-state index in [1.807, 2.05) is 19.3 Å². The van der Waals surface area contributed by atoms with Gasteiger partial charge >= 0.3 is 0 Å². The third-order valence-electron chi connectivity index (χ3n) is 4.65. The molecule has 2 aromatic rings. The van der Waals surface area contributed by atoms with E-state index in [0.717, 1.165) is 45.2 Å². The van der Waals surface area contributed by atoms with Crippen LogP contribution in [0.1, 0.15) is 17.3 Å². The molecular weight excluding hydrogens is 270 g/mol. The molecule has 2 aliphatic rings. The van der Waals surface area contributed by atoms with Gasteiger partial charge in [0.2, 0.25) is 11.8 Å². The van der Waals surface area contributed by atoms with E-state index in [1.54, 1.807) is 6.26 Å². The Hall–Kier alpha value is -1.66. The monoisotopic (exact) mass is 289 g/mol. The van der Waals surface area contributed by atoms with Crippen molar-refractivity contribution in [2.75, 3.05) is 26.3 Å². The largest absolute Gasteiger partial charge is 0.472 e. The van der Waals surface area contributed by atoms with Crippen molar-refractivity contribution in [3.63, 3.8) is 0 Å². The lowest BCUT2D eigenvalue weighted by Crippen LogP contribution is -2.33. The van der Waals surface area contributed by atoms with Crippen molar-refractivity contribution >= 4 is 0 Å². The zero-order chi connectivity index (χ0) is 14.3. The Morgan fingerprint density at radius 2 is 2.38 bits per heavy atom. The number of furan rings is 1. The van der Waals surface area contributed by atoms with Gasteiger partial charge in [0, 0.05) is 49.9 Å². The summed E-state index contributed by atoms with van der Waals surface area (Å²) >= 11 is 0. The Kier molecular flexibility index (Phi) is 3.08. The SMILES string of the molecule is Cc1nnc(C[C@]23COC[C@H]2CN(Cc2ccoc2)C3)o1. The molecule has 6 nitrogen and oxygen atoms in total.